The number of hydrogen-bond donors (Lipinski definition) is 1. The van der Waals surface area contributed by atoms with Gasteiger partial charge in [0, 0.05) is 6.42 Å². The molecular formula is C19H19NO3S. The molecule has 0 bridgehead atoms. The summed E-state index contributed by atoms with van der Waals surface area (Å²) in [6.07, 6.45) is 1.42. The first kappa shape index (κ1) is 16.6. The van der Waals surface area contributed by atoms with Crippen LogP contribution in [0.4, 0.5) is 4.79 Å². The summed E-state index contributed by atoms with van der Waals surface area (Å²) < 4.78 is 5.79. The van der Waals surface area contributed by atoms with E-state index in [2.05, 4.69) is 24.4 Å². The summed E-state index contributed by atoms with van der Waals surface area (Å²) >= 11 is 1.05. The molecule has 0 aromatic heterocycles. The molecule has 4 nitrogen and oxygen atoms in total. The molecule has 0 spiro atoms. The van der Waals surface area contributed by atoms with E-state index < -0.39 is 0 Å². The number of ether oxygens (including phenoxy) is 1. The number of thioether (sulfide) groups is 1. The molecule has 1 atom stereocenters. The molecule has 3 rings (SSSR count). The number of rotatable bonds is 6. The number of carbonyl (C=O) groups is 2. The van der Waals surface area contributed by atoms with E-state index in [0.717, 1.165) is 29.5 Å². The zero-order valence-electron chi connectivity index (χ0n) is 13.5. The van der Waals surface area contributed by atoms with E-state index in [1.165, 1.54) is 11.1 Å². The second-order valence-corrected chi connectivity index (χ2v) is 6.93. The Morgan fingerprint density at radius 1 is 1.08 bits per heavy atom. The van der Waals surface area contributed by atoms with Gasteiger partial charge in [-0.05, 0) is 42.2 Å². The van der Waals surface area contributed by atoms with Gasteiger partial charge >= 0.3 is 0 Å². The van der Waals surface area contributed by atoms with Crippen molar-refractivity contribution in [2.24, 2.45) is 0 Å². The van der Waals surface area contributed by atoms with Gasteiger partial charge in [0.25, 0.3) is 5.24 Å². The van der Waals surface area contributed by atoms with Gasteiger partial charge in [-0.2, -0.15) is 0 Å². The topological polar surface area (TPSA) is 55.4 Å². The molecule has 1 aliphatic rings. The average Bonchev–Trinajstić information content (AvgIpc) is 2.88. The van der Waals surface area contributed by atoms with Crippen molar-refractivity contribution in [1.29, 1.82) is 0 Å². The van der Waals surface area contributed by atoms with Gasteiger partial charge in [0.2, 0.25) is 5.91 Å². The SMILES string of the molecule is Cc1ccccc1CCOc1ccc(CC2SC(=O)NC2=O)cc1. The van der Waals surface area contributed by atoms with Crippen molar-refractivity contribution in [3.63, 3.8) is 0 Å². The summed E-state index contributed by atoms with van der Waals surface area (Å²) in [6.45, 7) is 2.73. The Hall–Kier alpha value is -2.27. The largest absolute Gasteiger partial charge is 0.493 e. The van der Waals surface area contributed by atoms with Crippen LogP contribution in [0.15, 0.2) is 48.5 Å². The average molecular weight is 341 g/mol. The molecule has 1 aliphatic heterocycles. The Kier molecular flexibility index (Phi) is 5.20. The number of carbonyl (C=O) groups excluding carboxylic acids is 2. The van der Waals surface area contributed by atoms with Crippen LogP contribution >= 0.6 is 11.8 Å². The zero-order chi connectivity index (χ0) is 16.9. The van der Waals surface area contributed by atoms with Crippen LogP contribution in [-0.4, -0.2) is 23.0 Å². The molecule has 5 heteroatoms. The highest BCUT2D eigenvalue weighted by Gasteiger charge is 2.31. The Bertz CT molecular complexity index is 743. The maximum atomic E-state index is 11.6. The van der Waals surface area contributed by atoms with Gasteiger partial charge in [-0.15, -0.1) is 0 Å². The highest BCUT2D eigenvalue weighted by molar-refractivity contribution is 8.15. The summed E-state index contributed by atoms with van der Waals surface area (Å²) in [6, 6.07) is 16.0. The molecule has 0 saturated carbocycles. The molecule has 2 aromatic rings. The monoisotopic (exact) mass is 341 g/mol. The van der Waals surface area contributed by atoms with Crippen molar-refractivity contribution < 1.29 is 14.3 Å². The van der Waals surface area contributed by atoms with Crippen molar-refractivity contribution in [2.75, 3.05) is 6.61 Å². The van der Waals surface area contributed by atoms with E-state index in [0.29, 0.717) is 13.0 Å². The predicted octanol–water partition coefficient (Wildman–Crippen LogP) is 3.51. The van der Waals surface area contributed by atoms with Crippen LogP contribution in [-0.2, 0) is 17.6 Å². The first-order valence-corrected chi connectivity index (χ1v) is 8.77. The van der Waals surface area contributed by atoms with E-state index in [1.807, 2.05) is 36.4 Å². The van der Waals surface area contributed by atoms with E-state index in [4.69, 9.17) is 4.74 Å². The molecule has 1 unspecified atom stereocenters. The second-order valence-electron chi connectivity index (χ2n) is 5.76. The van der Waals surface area contributed by atoms with Crippen molar-refractivity contribution in [3.05, 3.63) is 65.2 Å². The summed E-state index contributed by atoms with van der Waals surface area (Å²) in [5.41, 5.74) is 3.59. The fourth-order valence-corrected chi connectivity index (χ4v) is 3.49. The van der Waals surface area contributed by atoms with Crippen LogP contribution in [0.1, 0.15) is 16.7 Å². The first-order valence-electron chi connectivity index (χ1n) is 7.89. The summed E-state index contributed by atoms with van der Waals surface area (Å²) in [4.78, 5) is 22.8. The normalized spacial score (nSPS) is 17.0. The van der Waals surface area contributed by atoms with E-state index >= 15 is 0 Å². The number of hydrogen-bond acceptors (Lipinski definition) is 4. The minimum absolute atomic E-state index is 0.205. The minimum atomic E-state index is -0.328. The molecular weight excluding hydrogens is 322 g/mol. The number of imide groups is 1. The number of amides is 2. The highest BCUT2D eigenvalue weighted by Crippen LogP contribution is 2.24. The van der Waals surface area contributed by atoms with Crippen molar-refractivity contribution in [3.8, 4) is 5.75 Å². The maximum absolute atomic E-state index is 11.6. The third-order valence-electron chi connectivity index (χ3n) is 4.01. The van der Waals surface area contributed by atoms with Crippen LogP contribution in [0.5, 0.6) is 5.75 Å². The lowest BCUT2D eigenvalue weighted by molar-refractivity contribution is -0.118. The Labute approximate surface area is 145 Å². The molecule has 0 radical (unpaired) electrons. The molecule has 2 amide bonds. The molecule has 124 valence electrons. The fraction of sp³-hybridized carbons (Fsp3) is 0.263. The summed E-state index contributed by atoms with van der Waals surface area (Å²) in [5, 5.41) is 1.72. The Balaban J connectivity index is 1.50. The lowest BCUT2D eigenvalue weighted by atomic mass is 10.1. The predicted molar refractivity (Wildman–Crippen MR) is 95.4 cm³/mol. The van der Waals surface area contributed by atoms with Crippen LogP contribution in [0.25, 0.3) is 0 Å². The van der Waals surface area contributed by atoms with E-state index in [-0.39, 0.29) is 16.4 Å². The lowest BCUT2D eigenvalue weighted by Crippen LogP contribution is -2.25. The second kappa shape index (κ2) is 7.53. The quantitative estimate of drug-likeness (QED) is 0.873. The van der Waals surface area contributed by atoms with Crippen LogP contribution in [0, 0.1) is 6.92 Å². The number of nitrogens with one attached hydrogen (secondary N) is 1. The Morgan fingerprint density at radius 2 is 1.83 bits per heavy atom. The zero-order valence-corrected chi connectivity index (χ0v) is 14.3. The smallest absolute Gasteiger partial charge is 0.286 e. The van der Waals surface area contributed by atoms with Gasteiger partial charge < -0.3 is 4.74 Å². The Morgan fingerprint density at radius 3 is 2.50 bits per heavy atom. The standard InChI is InChI=1S/C19H19NO3S/c1-13-4-2-3-5-15(13)10-11-23-16-8-6-14(7-9-16)12-17-18(21)20-19(22)24-17/h2-9,17H,10-12H2,1H3,(H,20,21,22). The van der Waals surface area contributed by atoms with Gasteiger partial charge in [0.1, 0.15) is 5.75 Å². The van der Waals surface area contributed by atoms with Gasteiger partial charge in [0.15, 0.2) is 0 Å². The molecule has 0 aliphatic carbocycles. The molecule has 1 N–H and O–H groups in total. The van der Waals surface area contributed by atoms with Crippen molar-refractivity contribution >= 4 is 22.9 Å². The van der Waals surface area contributed by atoms with Crippen molar-refractivity contribution in [2.45, 2.75) is 25.0 Å². The minimum Gasteiger partial charge on any atom is -0.493 e. The summed E-state index contributed by atoms with van der Waals surface area (Å²) in [5.74, 6) is 0.607. The number of benzene rings is 2. The first-order chi connectivity index (χ1) is 11.6. The molecule has 2 aromatic carbocycles. The molecule has 24 heavy (non-hydrogen) atoms. The number of aryl methyl sites for hydroxylation is 1. The fourth-order valence-electron chi connectivity index (χ4n) is 2.63. The molecule has 1 heterocycles. The van der Waals surface area contributed by atoms with E-state index in [9.17, 15) is 9.59 Å². The van der Waals surface area contributed by atoms with Crippen molar-refractivity contribution in [1.82, 2.24) is 5.32 Å². The van der Waals surface area contributed by atoms with Gasteiger partial charge in [0.05, 0.1) is 11.9 Å². The van der Waals surface area contributed by atoms with Gasteiger partial charge in [-0.1, -0.05) is 48.2 Å². The van der Waals surface area contributed by atoms with Gasteiger partial charge in [-0.25, -0.2) is 0 Å². The lowest BCUT2D eigenvalue weighted by Gasteiger charge is -2.10. The summed E-state index contributed by atoms with van der Waals surface area (Å²) in [7, 11) is 0. The highest BCUT2D eigenvalue weighted by atomic mass is 32.2. The molecule has 1 saturated heterocycles. The molecule has 1 fully saturated rings. The maximum Gasteiger partial charge on any atom is 0.286 e. The third-order valence-corrected chi connectivity index (χ3v) is 4.99. The van der Waals surface area contributed by atoms with E-state index in [1.54, 1.807) is 0 Å². The van der Waals surface area contributed by atoms with Crippen LogP contribution in [0.2, 0.25) is 0 Å². The van der Waals surface area contributed by atoms with Crippen LogP contribution in [0.3, 0.4) is 0 Å². The third kappa shape index (κ3) is 4.17. The van der Waals surface area contributed by atoms with Gasteiger partial charge in [-0.3, -0.25) is 14.9 Å². The van der Waals surface area contributed by atoms with Crippen LogP contribution < -0.4 is 10.1 Å².